The van der Waals surface area contributed by atoms with Crippen LogP contribution in [0.1, 0.15) is 10.9 Å². The van der Waals surface area contributed by atoms with E-state index in [1.807, 2.05) is 54.6 Å². The molecule has 29 heavy (non-hydrogen) atoms. The Morgan fingerprint density at radius 2 is 1.48 bits per heavy atom. The lowest BCUT2D eigenvalue weighted by atomic mass is 10.1. The zero-order chi connectivity index (χ0) is 20.2. The number of halogens is 2. The van der Waals surface area contributed by atoms with Crippen molar-refractivity contribution < 1.29 is 23.0 Å². The highest BCUT2D eigenvalue weighted by atomic mass is 32.2. The van der Waals surface area contributed by atoms with Crippen molar-refractivity contribution in [3.8, 4) is 17.2 Å². The summed E-state index contributed by atoms with van der Waals surface area (Å²) in [6, 6.07) is 23.1. The minimum atomic E-state index is -2.86. The van der Waals surface area contributed by atoms with Crippen molar-refractivity contribution in [2.24, 2.45) is 0 Å². The molecule has 148 valence electrons. The van der Waals surface area contributed by atoms with E-state index in [0.29, 0.717) is 11.5 Å². The predicted octanol–water partition coefficient (Wildman–Crippen LogP) is 5.86. The molecule has 0 spiro atoms. The molecule has 1 aliphatic rings. The van der Waals surface area contributed by atoms with Crippen molar-refractivity contribution in [1.29, 1.82) is 0 Å². The van der Waals surface area contributed by atoms with Gasteiger partial charge < -0.3 is 9.47 Å². The Morgan fingerprint density at radius 1 is 0.862 bits per heavy atom. The van der Waals surface area contributed by atoms with Crippen molar-refractivity contribution in [2.45, 2.75) is 12.0 Å². The standard InChI is InChI=1S/C22H17F2NO3S/c23-22(24)28-19-10-6-15(7-11-19)21-25(20(26)14-29-21)16-8-12-18(13-9-16)27-17-4-2-1-3-5-17/h1-13,21-22H,14H2/t21-/m0/s1. The molecular formula is C22H17F2NO3S. The highest BCUT2D eigenvalue weighted by Gasteiger charge is 2.34. The molecule has 4 rings (SSSR count). The number of thioether (sulfide) groups is 1. The average Bonchev–Trinajstić information content (AvgIpc) is 3.11. The minimum Gasteiger partial charge on any atom is -0.457 e. The monoisotopic (exact) mass is 413 g/mol. The lowest BCUT2D eigenvalue weighted by Crippen LogP contribution is -2.27. The molecule has 3 aromatic carbocycles. The second-order valence-electron chi connectivity index (χ2n) is 6.28. The summed E-state index contributed by atoms with van der Waals surface area (Å²) in [5, 5.41) is -0.232. The summed E-state index contributed by atoms with van der Waals surface area (Å²) in [6.07, 6.45) is 0. The Hall–Kier alpha value is -3.06. The largest absolute Gasteiger partial charge is 0.457 e. The van der Waals surface area contributed by atoms with Crippen LogP contribution >= 0.6 is 11.8 Å². The molecule has 1 amide bonds. The Morgan fingerprint density at radius 3 is 2.14 bits per heavy atom. The fourth-order valence-corrected chi connectivity index (χ4v) is 4.24. The molecule has 3 aromatic rings. The van der Waals surface area contributed by atoms with Gasteiger partial charge in [0.2, 0.25) is 5.91 Å². The molecule has 4 nitrogen and oxygen atoms in total. The van der Waals surface area contributed by atoms with Crippen LogP contribution in [0.2, 0.25) is 0 Å². The van der Waals surface area contributed by atoms with Crippen molar-refractivity contribution in [3.63, 3.8) is 0 Å². The number of hydrogen-bond donors (Lipinski definition) is 0. The lowest BCUT2D eigenvalue weighted by Gasteiger charge is -2.24. The van der Waals surface area contributed by atoms with Crippen LogP contribution in [0.15, 0.2) is 78.9 Å². The van der Waals surface area contributed by atoms with Gasteiger partial charge in [0.05, 0.1) is 5.75 Å². The maximum Gasteiger partial charge on any atom is 0.387 e. The molecule has 0 bridgehead atoms. The van der Waals surface area contributed by atoms with Crippen LogP contribution in [-0.2, 0) is 4.79 Å². The van der Waals surface area contributed by atoms with E-state index in [2.05, 4.69) is 4.74 Å². The van der Waals surface area contributed by atoms with Gasteiger partial charge in [-0.2, -0.15) is 8.78 Å². The molecule has 0 N–H and O–H groups in total. The molecule has 0 aliphatic carbocycles. The first kappa shape index (κ1) is 19.3. The zero-order valence-corrected chi connectivity index (χ0v) is 16.0. The van der Waals surface area contributed by atoms with Gasteiger partial charge in [0.25, 0.3) is 0 Å². The van der Waals surface area contributed by atoms with Gasteiger partial charge in [-0.1, -0.05) is 30.3 Å². The zero-order valence-electron chi connectivity index (χ0n) is 15.2. The molecular weight excluding hydrogens is 396 g/mol. The third kappa shape index (κ3) is 4.51. The van der Waals surface area contributed by atoms with Crippen LogP contribution in [-0.4, -0.2) is 18.3 Å². The Balaban J connectivity index is 1.52. The van der Waals surface area contributed by atoms with Crippen LogP contribution in [0.3, 0.4) is 0 Å². The summed E-state index contributed by atoms with van der Waals surface area (Å²) in [4.78, 5) is 14.2. The number of benzene rings is 3. The molecule has 0 unspecified atom stereocenters. The Bertz CT molecular complexity index is 966. The van der Waals surface area contributed by atoms with E-state index in [0.717, 1.165) is 17.0 Å². The van der Waals surface area contributed by atoms with Crippen LogP contribution in [0.25, 0.3) is 0 Å². The first-order chi connectivity index (χ1) is 14.1. The lowest BCUT2D eigenvalue weighted by molar-refractivity contribution is -0.115. The van der Waals surface area contributed by atoms with Crippen molar-refractivity contribution in [1.82, 2.24) is 0 Å². The molecule has 1 saturated heterocycles. The van der Waals surface area contributed by atoms with E-state index >= 15 is 0 Å². The molecule has 0 radical (unpaired) electrons. The number of hydrogen-bond acceptors (Lipinski definition) is 4. The molecule has 0 saturated carbocycles. The van der Waals surface area contributed by atoms with E-state index < -0.39 is 6.61 Å². The van der Waals surface area contributed by atoms with Crippen LogP contribution in [0.5, 0.6) is 17.2 Å². The number of carbonyl (C=O) groups excluding carboxylic acids is 1. The Labute approximate surface area is 171 Å². The van der Waals surface area contributed by atoms with Crippen molar-refractivity contribution >= 4 is 23.4 Å². The van der Waals surface area contributed by atoms with Crippen LogP contribution < -0.4 is 14.4 Å². The fraction of sp³-hybridized carbons (Fsp3) is 0.136. The number of para-hydroxylation sites is 1. The third-order valence-corrected chi connectivity index (χ3v) is 5.56. The fourth-order valence-electron chi connectivity index (χ4n) is 3.06. The quantitative estimate of drug-likeness (QED) is 0.507. The SMILES string of the molecule is O=C1CS[C@@H](c2ccc(OC(F)F)cc2)N1c1ccc(Oc2ccccc2)cc1. The molecule has 1 fully saturated rings. The summed E-state index contributed by atoms with van der Waals surface area (Å²) in [5.74, 6) is 1.83. The second kappa shape index (κ2) is 8.53. The predicted molar refractivity (Wildman–Crippen MR) is 109 cm³/mol. The number of rotatable bonds is 6. The minimum absolute atomic E-state index is 0.00960. The van der Waals surface area contributed by atoms with Gasteiger partial charge >= 0.3 is 6.61 Å². The van der Waals surface area contributed by atoms with Gasteiger partial charge in [-0.15, -0.1) is 11.8 Å². The highest BCUT2D eigenvalue weighted by molar-refractivity contribution is 8.00. The Kier molecular flexibility index (Phi) is 5.67. The molecule has 1 atom stereocenters. The maximum atomic E-state index is 12.5. The number of amides is 1. The van der Waals surface area contributed by atoms with E-state index in [1.54, 1.807) is 17.0 Å². The normalized spacial score (nSPS) is 16.3. The first-order valence-electron chi connectivity index (χ1n) is 8.91. The third-order valence-electron chi connectivity index (χ3n) is 4.35. The summed E-state index contributed by atoms with van der Waals surface area (Å²) in [7, 11) is 0. The number of nitrogens with zero attached hydrogens (tertiary/aromatic N) is 1. The van der Waals surface area contributed by atoms with E-state index in [-0.39, 0.29) is 17.0 Å². The maximum absolute atomic E-state index is 12.5. The summed E-state index contributed by atoms with van der Waals surface area (Å²) < 4.78 is 34.9. The summed E-state index contributed by atoms with van der Waals surface area (Å²) >= 11 is 1.49. The molecule has 1 aliphatic heterocycles. The van der Waals surface area contributed by atoms with E-state index in [9.17, 15) is 13.6 Å². The van der Waals surface area contributed by atoms with Gasteiger partial charge in [0.15, 0.2) is 0 Å². The van der Waals surface area contributed by atoms with Gasteiger partial charge in [-0.3, -0.25) is 9.69 Å². The number of carbonyl (C=O) groups is 1. The molecule has 0 aromatic heterocycles. The smallest absolute Gasteiger partial charge is 0.387 e. The average molecular weight is 413 g/mol. The van der Waals surface area contributed by atoms with Gasteiger partial charge in [0.1, 0.15) is 22.6 Å². The summed E-state index contributed by atoms with van der Waals surface area (Å²) in [5.41, 5.74) is 1.59. The molecule has 1 heterocycles. The number of alkyl halides is 2. The van der Waals surface area contributed by atoms with Crippen molar-refractivity contribution in [3.05, 3.63) is 84.4 Å². The van der Waals surface area contributed by atoms with Gasteiger partial charge in [-0.25, -0.2) is 0 Å². The molecule has 7 heteroatoms. The van der Waals surface area contributed by atoms with E-state index in [1.165, 1.54) is 23.9 Å². The summed E-state index contributed by atoms with van der Waals surface area (Å²) in [6.45, 7) is -2.86. The second-order valence-corrected chi connectivity index (χ2v) is 7.35. The van der Waals surface area contributed by atoms with Crippen molar-refractivity contribution in [2.75, 3.05) is 10.7 Å². The topological polar surface area (TPSA) is 38.8 Å². The van der Waals surface area contributed by atoms with Gasteiger partial charge in [0, 0.05) is 5.69 Å². The first-order valence-corrected chi connectivity index (χ1v) is 9.96. The number of ether oxygens (including phenoxy) is 2. The van der Waals surface area contributed by atoms with Gasteiger partial charge in [-0.05, 0) is 54.1 Å². The van der Waals surface area contributed by atoms with E-state index in [4.69, 9.17) is 4.74 Å². The van der Waals surface area contributed by atoms with Crippen LogP contribution in [0.4, 0.5) is 14.5 Å². The highest BCUT2D eigenvalue weighted by Crippen LogP contribution is 2.42. The number of anilines is 1. The van der Waals surface area contributed by atoms with Crippen LogP contribution in [0, 0.1) is 0 Å².